The molecule has 31 heavy (non-hydrogen) atoms. The highest BCUT2D eigenvalue weighted by atomic mass is 32.1. The summed E-state index contributed by atoms with van der Waals surface area (Å²) < 4.78 is 5.36. The number of rotatable bonds is 6. The Morgan fingerprint density at radius 2 is 1.65 bits per heavy atom. The number of imide groups is 1. The zero-order valence-electron chi connectivity index (χ0n) is 16.8. The Kier molecular flexibility index (Phi) is 5.55. The van der Waals surface area contributed by atoms with Crippen LogP contribution in [0, 0.1) is 0 Å². The van der Waals surface area contributed by atoms with Crippen molar-refractivity contribution in [2.24, 2.45) is 0 Å². The van der Waals surface area contributed by atoms with Crippen LogP contribution < -0.4 is 20.3 Å². The number of amides is 3. The highest BCUT2D eigenvalue weighted by Crippen LogP contribution is 2.38. The van der Waals surface area contributed by atoms with Crippen LogP contribution in [0.25, 0.3) is 5.57 Å². The average Bonchev–Trinajstić information content (AvgIpc) is 3.36. The largest absolute Gasteiger partial charge is 0.495 e. The lowest BCUT2D eigenvalue weighted by molar-refractivity contribution is -0.120. The lowest BCUT2D eigenvalue weighted by Crippen LogP contribution is -2.32. The van der Waals surface area contributed by atoms with Crippen molar-refractivity contribution in [3.05, 3.63) is 76.6 Å². The molecule has 2 N–H and O–H groups in total. The van der Waals surface area contributed by atoms with Crippen molar-refractivity contribution >= 4 is 51.7 Å². The van der Waals surface area contributed by atoms with Gasteiger partial charge in [-0.1, -0.05) is 18.2 Å². The zero-order chi connectivity index (χ0) is 22.0. The number of hydrogen-bond donors (Lipinski definition) is 2. The van der Waals surface area contributed by atoms with E-state index in [9.17, 15) is 14.4 Å². The van der Waals surface area contributed by atoms with Gasteiger partial charge in [0.2, 0.25) is 5.91 Å². The average molecular weight is 433 g/mol. The minimum absolute atomic E-state index is 0.174. The fourth-order valence-corrected chi connectivity index (χ4v) is 4.08. The number of carbonyl (C=O) groups excluding carboxylic acids is 3. The molecule has 0 saturated carbocycles. The Bertz CT molecular complexity index is 1180. The summed E-state index contributed by atoms with van der Waals surface area (Å²) in [5.74, 6) is -0.638. The number of thiophene rings is 1. The molecule has 2 aromatic carbocycles. The van der Waals surface area contributed by atoms with Crippen molar-refractivity contribution in [1.29, 1.82) is 0 Å². The number of carbonyl (C=O) groups is 3. The molecule has 1 aromatic heterocycles. The van der Waals surface area contributed by atoms with Gasteiger partial charge in [-0.05, 0) is 47.8 Å². The van der Waals surface area contributed by atoms with Crippen molar-refractivity contribution in [1.82, 2.24) is 0 Å². The molecule has 7 nitrogen and oxygen atoms in total. The summed E-state index contributed by atoms with van der Waals surface area (Å²) in [7, 11) is 1.49. The van der Waals surface area contributed by atoms with Gasteiger partial charge in [0.15, 0.2) is 0 Å². The third-order valence-electron chi connectivity index (χ3n) is 4.65. The van der Waals surface area contributed by atoms with Crippen molar-refractivity contribution in [3.63, 3.8) is 0 Å². The second kappa shape index (κ2) is 8.45. The summed E-state index contributed by atoms with van der Waals surface area (Å²) in [6.07, 6.45) is 0. The zero-order valence-corrected chi connectivity index (χ0v) is 17.7. The first-order chi connectivity index (χ1) is 15.0. The summed E-state index contributed by atoms with van der Waals surface area (Å²) >= 11 is 1.38. The van der Waals surface area contributed by atoms with E-state index in [-0.39, 0.29) is 11.6 Å². The van der Waals surface area contributed by atoms with Gasteiger partial charge in [0, 0.05) is 23.2 Å². The number of methoxy groups -OCH3 is 1. The quantitative estimate of drug-likeness (QED) is 0.571. The van der Waals surface area contributed by atoms with Crippen LogP contribution in [-0.4, -0.2) is 24.8 Å². The summed E-state index contributed by atoms with van der Waals surface area (Å²) in [6.45, 7) is 1.43. The topological polar surface area (TPSA) is 87.7 Å². The molecule has 0 atom stereocenters. The maximum Gasteiger partial charge on any atom is 0.282 e. The van der Waals surface area contributed by atoms with Gasteiger partial charge in [-0.25, -0.2) is 4.90 Å². The van der Waals surface area contributed by atoms with Crippen LogP contribution in [0.3, 0.4) is 0 Å². The molecular formula is C23H19N3O4S. The third-order valence-corrected chi connectivity index (χ3v) is 5.54. The number of hydrogen-bond acceptors (Lipinski definition) is 6. The molecular weight excluding hydrogens is 414 g/mol. The molecule has 2 heterocycles. The van der Waals surface area contributed by atoms with E-state index in [1.54, 1.807) is 54.6 Å². The first kappa shape index (κ1) is 20.4. The van der Waals surface area contributed by atoms with Gasteiger partial charge in [0.1, 0.15) is 11.4 Å². The highest BCUT2D eigenvalue weighted by molar-refractivity contribution is 7.11. The minimum Gasteiger partial charge on any atom is -0.495 e. The van der Waals surface area contributed by atoms with Crippen LogP contribution in [-0.2, 0) is 14.4 Å². The molecule has 8 heteroatoms. The lowest BCUT2D eigenvalue weighted by atomic mass is 10.1. The molecule has 0 fully saturated rings. The number of nitrogens with one attached hydrogen (secondary N) is 2. The number of nitrogens with zero attached hydrogens (tertiary/aromatic N) is 1. The molecule has 0 aliphatic carbocycles. The first-order valence-corrected chi connectivity index (χ1v) is 10.3. The molecule has 0 bridgehead atoms. The third kappa shape index (κ3) is 3.93. The van der Waals surface area contributed by atoms with Gasteiger partial charge < -0.3 is 15.4 Å². The Morgan fingerprint density at radius 3 is 2.29 bits per heavy atom. The predicted octanol–water partition coefficient (Wildman–Crippen LogP) is 4.11. The van der Waals surface area contributed by atoms with Gasteiger partial charge in [-0.15, -0.1) is 11.3 Å². The second-order valence-electron chi connectivity index (χ2n) is 6.73. The Hall–Kier alpha value is -3.91. The highest BCUT2D eigenvalue weighted by Gasteiger charge is 2.41. The molecule has 156 valence electrons. The van der Waals surface area contributed by atoms with Crippen LogP contribution >= 0.6 is 11.3 Å². The van der Waals surface area contributed by atoms with E-state index < -0.39 is 11.8 Å². The Labute approximate surface area is 183 Å². The summed E-state index contributed by atoms with van der Waals surface area (Å²) in [6, 6.07) is 17.4. The molecule has 3 aromatic rings. The van der Waals surface area contributed by atoms with Crippen LogP contribution in [0.1, 0.15) is 11.8 Å². The molecule has 0 radical (unpaired) electrons. The summed E-state index contributed by atoms with van der Waals surface area (Å²) in [4.78, 5) is 39.8. The SMILES string of the molecule is COc1ccccc1N1C(=O)C(Nc2ccc(NC(C)=O)cc2)=C(c2cccs2)C1=O. The van der Waals surface area contributed by atoms with Crippen LogP contribution in [0.2, 0.25) is 0 Å². The van der Waals surface area contributed by atoms with E-state index in [0.717, 1.165) is 4.90 Å². The smallest absolute Gasteiger partial charge is 0.282 e. The van der Waals surface area contributed by atoms with E-state index >= 15 is 0 Å². The van der Waals surface area contributed by atoms with Gasteiger partial charge in [0.25, 0.3) is 11.8 Å². The van der Waals surface area contributed by atoms with E-state index in [0.29, 0.717) is 33.3 Å². The van der Waals surface area contributed by atoms with Crippen molar-refractivity contribution in [3.8, 4) is 5.75 Å². The molecule has 3 amide bonds. The summed E-state index contributed by atoms with van der Waals surface area (Å²) in [5.41, 5.74) is 2.12. The van der Waals surface area contributed by atoms with Crippen molar-refractivity contribution < 1.29 is 19.1 Å². The number of benzene rings is 2. The molecule has 0 spiro atoms. The van der Waals surface area contributed by atoms with Gasteiger partial charge in [0.05, 0.1) is 18.4 Å². The Balaban J connectivity index is 1.73. The molecule has 4 rings (SSSR count). The van der Waals surface area contributed by atoms with E-state index in [2.05, 4.69) is 10.6 Å². The standard InChI is InChI=1S/C23H19N3O4S/c1-14(27)24-15-9-11-16(12-10-15)25-21-20(19-8-5-13-31-19)22(28)26(23(21)29)17-6-3-4-7-18(17)30-2/h3-13,25H,1-2H3,(H,24,27). The van der Waals surface area contributed by atoms with E-state index in [1.807, 2.05) is 11.4 Å². The molecule has 0 unspecified atom stereocenters. The van der Waals surface area contributed by atoms with Crippen molar-refractivity contribution in [2.45, 2.75) is 6.92 Å². The van der Waals surface area contributed by atoms with Gasteiger partial charge >= 0.3 is 0 Å². The monoisotopic (exact) mass is 433 g/mol. The predicted molar refractivity (Wildman–Crippen MR) is 121 cm³/mol. The Morgan fingerprint density at radius 1 is 0.935 bits per heavy atom. The molecule has 1 aliphatic rings. The maximum atomic E-state index is 13.4. The van der Waals surface area contributed by atoms with Crippen LogP contribution in [0.5, 0.6) is 5.75 Å². The number of anilines is 3. The van der Waals surface area contributed by atoms with Crippen LogP contribution in [0.4, 0.5) is 17.1 Å². The minimum atomic E-state index is -0.469. The fraction of sp³-hybridized carbons (Fsp3) is 0.0870. The van der Waals surface area contributed by atoms with Gasteiger partial charge in [-0.3, -0.25) is 14.4 Å². The summed E-state index contributed by atoms with van der Waals surface area (Å²) in [5, 5.41) is 7.64. The van der Waals surface area contributed by atoms with Crippen molar-refractivity contribution in [2.75, 3.05) is 22.6 Å². The number of para-hydroxylation sites is 2. The normalized spacial score (nSPS) is 13.5. The van der Waals surface area contributed by atoms with E-state index in [1.165, 1.54) is 25.4 Å². The molecule has 0 saturated heterocycles. The van der Waals surface area contributed by atoms with Gasteiger partial charge in [-0.2, -0.15) is 0 Å². The molecule has 1 aliphatic heterocycles. The first-order valence-electron chi connectivity index (χ1n) is 9.44. The maximum absolute atomic E-state index is 13.4. The fourth-order valence-electron chi connectivity index (χ4n) is 3.31. The second-order valence-corrected chi connectivity index (χ2v) is 7.68. The van der Waals surface area contributed by atoms with Crippen LogP contribution in [0.15, 0.2) is 71.7 Å². The lowest BCUT2D eigenvalue weighted by Gasteiger charge is -2.18. The number of ether oxygens (including phenoxy) is 1. The van der Waals surface area contributed by atoms with E-state index in [4.69, 9.17) is 4.74 Å².